The molecule has 1 N–H and O–H groups in total. The molecule has 3 rings (SSSR count). The van der Waals surface area contributed by atoms with E-state index in [4.69, 9.17) is 4.74 Å². The number of carbonyl (C=O) groups excluding carboxylic acids is 1. The first kappa shape index (κ1) is 20.8. The Morgan fingerprint density at radius 3 is 2.62 bits per heavy atom. The molecule has 0 fully saturated rings. The summed E-state index contributed by atoms with van der Waals surface area (Å²) in [6, 6.07) is 11.2. The lowest BCUT2D eigenvalue weighted by Crippen LogP contribution is -2.13. The zero-order valence-corrected chi connectivity index (χ0v) is 17.6. The molecule has 0 radical (unpaired) electrons. The summed E-state index contributed by atoms with van der Waals surface area (Å²) in [7, 11) is 0. The Morgan fingerprint density at radius 2 is 1.93 bits per heavy atom. The average Bonchev–Trinajstić information content (AvgIpc) is 2.72. The highest BCUT2D eigenvalue weighted by Crippen LogP contribution is 2.20. The van der Waals surface area contributed by atoms with Crippen molar-refractivity contribution < 1.29 is 9.53 Å². The summed E-state index contributed by atoms with van der Waals surface area (Å²) in [6.45, 7) is 4.35. The van der Waals surface area contributed by atoms with Gasteiger partial charge < -0.3 is 10.1 Å². The predicted octanol–water partition coefficient (Wildman–Crippen LogP) is 4.36. The van der Waals surface area contributed by atoms with Gasteiger partial charge in [-0.05, 0) is 50.3 Å². The number of nitrogens with one attached hydrogen (secondary N) is 1. The van der Waals surface area contributed by atoms with E-state index in [1.54, 1.807) is 12.4 Å². The van der Waals surface area contributed by atoms with Crippen molar-refractivity contribution in [2.24, 2.45) is 0 Å². The van der Waals surface area contributed by atoms with Crippen molar-refractivity contribution in [2.45, 2.75) is 38.5 Å². The number of benzene rings is 1. The molecule has 7 heteroatoms. The zero-order chi connectivity index (χ0) is 20.6. The maximum atomic E-state index is 12.4. The quantitative estimate of drug-likeness (QED) is 0.441. The molecule has 3 aromatic rings. The van der Waals surface area contributed by atoms with Gasteiger partial charge in [0.25, 0.3) is 0 Å². The fourth-order valence-electron chi connectivity index (χ4n) is 2.94. The summed E-state index contributed by atoms with van der Waals surface area (Å²) < 4.78 is 5.79. The molecule has 1 aromatic carbocycles. The number of anilines is 1. The molecule has 1 amide bonds. The number of amides is 1. The van der Waals surface area contributed by atoms with Gasteiger partial charge in [0.2, 0.25) is 5.91 Å². The SMILES string of the molecule is CSc1nc(C)c(CCC(=O)Nc2cccc(OCc3cccnc3)c2)c(C)n1. The average molecular weight is 409 g/mol. The van der Waals surface area contributed by atoms with Crippen molar-refractivity contribution in [3.8, 4) is 5.75 Å². The zero-order valence-electron chi connectivity index (χ0n) is 16.8. The van der Waals surface area contributed by atoms with Crippen LogP contribution in [0.4, 0.5) is 5.69 Å². The van der Waals surface area contributed by atoms with Crippen LogP contribution in [0.5, 0.6) is 5.75 Å². The molecule has 0 aliphatic rings. The number of thioether (sulfide) groups is 1. The number of carbonyl (C=O) groups is 1. The molecule has 2 heterocycles. The third kappa shape index (κ3) is 6.02. The summed E-state index contributed by atoms with van der Waals surface area (Å²) in [5, 5.41) is 3.70. The van der Waals surface area contributed by atoms with Gasteiger partial charge >= 0.3 is 0 Å². The minimum absolute atomic E-state index is 0.0536. The minimum atomic E-state index is -0.0536. The van der Waals surface area contributed by atoms with Crippen LogP contribution >= 0.6 is 11.8 Å². The molecule has 0 saturated carbocycles. The molecule has 0 atom stereocenters. The van der Waals surface area contributed by atoms with Crippen molar-refractivity contribution in [3.05, 3.63) is 71.3 Å². The third-order valence-corrected chi connectivity index (χ3v) is 4.98. The third-order valence-electron chi connectivity index (χ3n) is 4.43. The van der Waals surface area contributed by atoms with Crippen molar-refractivity contribution in [2.75, 3.05) is 11.6 Å². The van der Waals surface area contributed by atoms with Gasteiger partial charge in [-0.25, -0.2) is 9.97 Å². The number of ether oxygens (including phenoxy) is 1. The second kappa shape index (κ2) is 10.0. The van der Waals surface area contributed by atoms with Crippen LogP contribution < -0.4 is 10.1 Å². The number of pyridine rings is 1. The summed E-state index contributed by atoms with van der Waals surface area (Å²) in [5.41, 5.74) is 4.59. The first-order valence-corrected chi connectivity index (χ1v) is 10.6. The Labute approximate surface area is 175 Å². The van der Waals surface area contributed by atoms with Gasteiger partial charge in [-0.3, -0.25) is 9.78 Å². The van der Waals surface area contributed by atoms with Crippen LogP contribution in [0.25, 0.3) is 0 Å². The second-order valence-electron chi connectivity index (χ2n) is 6.59. The van der Waals surface area contributed by atoms with Crippen LogP contribution in [0.3, 0.4) is 0 Å². The Kier molecular flexibility index (Phi) is 7.19. The maximum Gasteiger partial charge on any atom is 0.224 e. The fraction of sp³-hybridized carbons (Fsp3) is 0.273. The molecule has 2 aromatic heterocycles. The number of hydrogen-bond donors (Lipinski definition) is 1. The van der Waals surface area contributed by atoms with Gasteiger partial charge in [0.1, 0.15) is 12.4 Å². The standard InChI is InChI=1S/C22H24N4O2S/c1-15-20(16(2)25-22(24-15)29-3)9-10-21(27)26-18-7-4-8-19(12-18)28-14-17-6-5-11-23-13-17/h4-8,11-13H,9-10,14H2,1-3H3,(H,26,27). The van der Waals surface area contributed by atoms with Crippen LogP contribution in [0.15, 0.2) is 53.9 Å². The van der Waals surface area contributed by atoms with E-state index in [1.807, 2.05) is 56.5 Å². The molecular weight excluding hydrogens is 384 g/mol. The molecular formula is C22H24N4O2S. The molecule has 0 saturated heterocycles. The molecule has 0 bridgehead atoms. The van der Waals surface area contributed by atoms with E-state index in [0.29, 0.717) is 30.9 Å². The smallest absolute Gasteiger partial charge is 0.224 e. The number of hydrogen-bond acceptors (Lipinski definition) is 6. The van der Waals surface area contributed by atoms with E-state index in [0.717, 1.165) is 27.7 Å². The first-order valence-electron chi connectivity index (χ1n) is 9.35. The van der Waals surface area contributed by atoms with Gasteiger partial charge in [0.15, 0.2) is 5.16 Å². The Morgan fingerprint density at radius 1 is 1.14 bits per heavy atom. The van der Waals surface area contributed by atoms with E-state index < -0.39 is 0 Å². The Hall–Kier alpha value is -2.93. The summed E-state index contributed by atoms with van der Waals surface area (Å²) in [5.74, 6) is 0.640. The Bertz CT molecular complexity index is 957. The van der Waals surface area contributed by atoms with Crippen molar-refractivity contribution in [1.29, 1.82) is 0 Å². The molecule has 150 valence electrons. The van der Waals surface area contributed by atoms with Crippen molar-refractivity contribution in [3.63, 3.8) is 0 Å². The normalized spacial score (nSPS) is 10.6. The summed E-state index contributed by atoms with van der Waals surface area (Å²) >= 11 is 1.52. The van der Waals surface area contributed by atoms with E-state index >= 15 is 0 Å². The molecule has 29 heavy (non-hydrogen) atoms. The van der Waals surface area contributed by atoms with E-state index in [9.17, 15) is 4.79 Å². The highest BCUT2D eigenvalue weighted by Gasteiger charge is 2.11. The van der Waals surface area contributed by atoms with E-state index in [-0.39, 0.29) is 5.91 Å². The largest absolute Gasteiger partial charge is 0.489 e. The van der Waals surface area contributed by atoms with Crippen LogP contribution in [-0.4, -0.2) is 27.1 Å². The molecule has 0 spiro atoms. The minimum Gasteiger partial charge on any atom is -0.489 e. The lowest BCUT2D eigenvalue weighted by atomic mass is 10.1. The van der Waals surface area contributed by atoms with Crippen LogP contribution in [0.1, 0.15) is 28.9 Å². The van der Waals surface area contributed by atoms with E-state index in [1.165, 1.54) is 11.8 Å². The molecule has 0 aliphatic heterocycles. The fourth-order valence-corrected chi connectivity index (χ4v) is 3.39. The van der Waals surface area contributed by atoms with Crippen molar-refractivity contribution in [1.82, 2.24) is 15.0 Å². The van der Waals surface area contributed by atoms with Gasteiger partial charge in [-0.15, -0.1) is 0 Å². The Balaban J connectivity index is 1.56. The first-order chi connectivity index (χ1) is 14.0. The lowest BCUT2D eigenvalue weighted by Gasteiger charge is -2.11. The predicted molar refractivity (Wildman–Crippen MR) is 115 cm³/mol. The molecule has 0 aliphatic carbocycles. The topological polar surface area (TPSA) is 77.0 Å². The highest BCUT2D eigenvalue weighted by molar-refractivity contribution is 7.98. The van der Waals surface area contributed by atoms with Crippen LogP contribution in [-0.2, 0) is 17.8 Å². The number of aromatic nitrogens is 3. The van der Waals surface area contributed by atoms with Gasteiger partial charge in [0, 0.05) is 47.5 Å². The van der Waals surface area contributed by atoms with Crippen LogP contribution in [0, 0.1) is 13.8 Å². The second-order valence-corrected chi connectivity index (χ2v) is 7.36. The monoisotopic (exact) mass is 408 g/mol. The van der Waals surface area contributed by atoms with Gasteiger partial charge in [0.05, 0.1) is 0 Å². The highest BCUT2D eigenvalue weighted by atomic mass is 32.2. The molecule has 6 nitrogen and oxygen atoms in total. The summed E-state index contributed by atoms with van der Waals surface area (Å²) in [6.07, 6.45) is 6.42. The van der Waals surface area contributed by atoms with Crippen molar-refractivity contribution >= 4 is 23.4 Å². The van der Waals surface area contributed by atoms with E-state index in [2.05, 4.69) is 20.3 Å². The number of rotatable bonds is 8. The summed E-state index contributed by atoms with van der Waals surface area (Å²) in [4.78, 5) is 25.4. The molecule has 0 unspecified atom stereocenters. The lowest BCUT2D eigenvalue weighted by molar-refractivity contribution is -0.116. The maximum absolute atomic E-state index is 12.4. The number of aryl methyl sites for hydroxylation is 2. The van der Waals surface area contributed by atoms with Gasteiger partial charge in [-0.2, -0.15) is 0 Å². The number of nitrogens with zero attached hydrogens (tertiary/aromatic N) is 3. The van der Waals surface area contributed by atoms with Crippen LogP contribution in [0.2, 0.25) is 0 Å². The van der Waals surface area contributed by atoms with Gasteiger partial charge in [-0.1, -0.05) is 23.9 Å².